The zero-order valence-electron chi connectivity index (χ0n) is 13.5. The maximum absolute atomic E-state index is 12.9. The van der Waals surface area contributed by atoms with Gasteiger partial charge in [-0.15, -0.1) is 0 Å². The predicted molar refractivity (Wildman–Crippen MR) is 91.1 cm³/mol. The van der Waals surface area contributed by atoms with Crippen molar-refractivity contribution in [2.45, 2.75) is 57.0 Å². The van der Waals surface area contributed by atoms with Gasteiger partial charge in [0.25, 0.3) is 0 Å². The Hall–Kier alpha value is -2.10. The van der Waals surface area contributed by atoms with Gasteiger partial charge in [0.15, 0.2) is 6.04 Å². The number of carbonyl (C=O) groups excluding carboxylic acids is 1. The second-order valence-corrected chi connectivity index (χ2v) is 6.35. The molecule has 23 heavy (non-hydrogen) atoms. The van der Waals surface area contributed by atoms with Crippen LogP contribution in [0.2, 0.25) is 0 Å². The van der Waals surface area contributed by atoms with Crippen LogP contribution < -0.4 is 5.32 Å². The Balaban J connectivity index is 1.75. The molecule has 0 saturated heterocycles. The van der Waals surface area contributed by atoms with E-state index in [2.05, 4.69) is 10.4 Å². The van der Waals surface area contributed by atoms with E-state index in [0.29, 0.717) is 6.04 Å². The maximum atomic E-state index is 12.9. The summed E-state index contributed by atoms with van der Waals surface area (Å²) in [6, 6.07) is 11.6. The SMILES string of the molecule is O=C(NC1CCCCCCC1)[C@@H](c1ccccc1)n1cccn1. The number of carbonyl (C=O) groups is 1. The molecule has 1 aliphatic rings. The fourth-order valence-corrected chi connectivity index (χ4v) is 3.37. The van der Waals surface area contributed by atoms with Gasteiger partial charge in [-0.25, -0.2) is 0 Å². The van der Waals surface area contributed by atoms with Crippen molar-refractivity contribution in [1.29, 1.82) is 0 Å². The standard InChI is InChI=1S/C19H25N3O/c23-19(21-17-12-7-2-1-3-8-13-17)18(22-15-9-14-20-22)16-10-5-4-6-11-16/h4-6,9-11,14-15,17-18H,1-3,7-8,12-13H2,(H,21,23)/t18-/m1/s1. The van der Waals surface area contributed by atoms with Gasteiger partial charge in [-0.3, -0.25) is 9.48 Å². The molecule has 1 saturated carbocycles. The fourth-order valence-electron chi connectivity index (χ4n) is 3.37. The molecule has 2 aromatic rings. The predicted octanol–water partition coefficient (Wildman–Crippen LogP) is 3.70. The van der Waals surface area contributed by atoms with E-state index in [1.807, 2.05) is 42.6 Å². The summed E-state index contributed by atoms with van der Waals surface area (Å²) in [7, 11) is 0. The number of benzene rings is 1. The lowest BCUT2D eigenvalue weighted by molar-refractivity contribution is -0.124. The smallest absolute Gasteiger partial charge is 0.249 e. The van der Waals surface area contributed by atoms with Gasteiger partial charge in [-0.2, -0.15) is 5.10 Å². The molecule has 0 aliphatic heterocycles. The van der Waals surface area contributed by atoms with Crippen molar-refractivity contribution in [3.05, 3.63) is 54.4 Å². The quantitative estimate of drug-likeness (QED) is 0.936. The van der Waals surface area contributed by atoms with Gasteiger partial charge >= 0.3 is 0 Å². The highest BCUT2D eigenvalue weighted by molar-refractivity contribution is 5.83. The first-order valence-corrected chi connectivity index (χ1v) is 8.69. The highest BCUT2D eigenvalue weighted by atomic mass is 16.2. The van der Waals surface area contributed by atoms with Crippen molar-refractivity contribution in [3.63, 3.8) is 0 Å². The molecule has 1 N–H and O–H groups in total. The molecule has 1 aliphatic carbocycles. The average molecular weight is 311 g/mol. The number of aromatic nitrogens is 2. The summed E-state index contributed by atoms with van der Waals surface area (Å²) >= 11 is 0. The minimum atomic E-state index is -0.392. The van der Waals surface area contributed by atoms with Crippen LogP contribution in [0.4, 0.5) is 0 Å². The van der Waals surface area contributed by atoms with Crippen molar-refractivity contribution in [1.82, 2.24) is 15.1 Å². The highest BCUT2D eigenvalue weighted by Gasteiger charge is 2.25. The van der Waals surface area contributed by atoms with E-state index in [9.17, 15) is 4.79 Å². The van der Waals surface area contributed by atoms with E-state index < -0.39 is 6.04 Å². The third kappa shape index (κ3) is 4.21. The Bertz CT molecular complexity index is 586. The second-order valence-electron chi connectivity index (χ2n) is 6.35. The summed E-state index contributed by atoms with van der Waals surface area (Å²) in [4.78, 5) is 12.9. The van der Waals surface area contributed by atoms with E-state index in [1.54, 1.807) is 10.9 Å². The van der Waals surface area contributed by atoms with Crippen molar-refractivity contribution in [3.8, 4) is 0 Å². The molecule has 0 bridgehead atoms. The summed E-state index contributed by atoms with van der Waals surface area (Å²) < 4.78 is 1.74. The lowest BCUT2D eigenvalue weighted by atomic mass is 9.96. The monoisotopic (exact) mass is 311 g/mol. The summed E-state index contributed by atoms with van der Waals surface area (Å²) in [6.07, 6.45) is 12.1. The summed E-state index contributed by atoms with van der Waals surface area (Å²) in [5.41, 5.74) is 0.972. The molecule has 4 nitrogen and oxygen atoms in total. The number of hydrogen-bond acceptors (Lipinski definition) is 2. The van der Waals surface area contributed by atoms with E-state index >= 15 is 0 Å². The number of amides is 1. The zero-order valence-corrected chi connectivity index (χ0v) is 13.5. The van der Waals surface area contributed by atoms with Gasteiger partial charge in [-0.1, -0.05) is 62.4 Å². The molecule has 0 unspecified atom stereocenters. The van der Waals surface area contributed by atoms with Crippen LogP contribution in [-0.4, -0.2) is 21.7 Å². The highest BCUT2D eigenvalue weighted by Crippen LogP contribution is 2.21. The van der Waals surface area contributed by atoms with Crippen LogP contribution >= 0.6 is 0 Å². The van der Waals surface area contributed by atoms with Crippen LogP contribution in [0.15, 0.2) is 48.8 Å². The Morgan fingerprint density at radius 3 is 2.39 bits per heavy atom. The van der Waals surface area contributed by atoms with Crippen molar-refractivity contribution < 1.29 is 4.79 Å². The molecular formula is C19H25N3O. The lowest BCUT2D eigenvalue weighted by Crippen LogP contribution is -2.40. The van der Waals surface area contributed by atoms with Crippen LogP contribution in [-0.2, 0) is 4.79 Å². The largest absolute Gasteiger partial charge is 0.351 e. The molecule has 122 valence electrons. The number of nitrogens with zero attached hydrogens (tertiary/aromatic N) is 2. The van der Waals surface area contributed by atoms with E-state index in [0.717, 1.165) is 18.4 Å². The Morgan fingerprint density at radius 2 is 1.74 bits per heavy atom. The minimum absolute atomic E-state index is 0.0467. The lowest BCUT2D eigenvalue weighted by Gasteiger charge is -2.24. The molecule has 1 atom stereocenters. The Kier molecular flexibility index (Phi) is 5.46. The van der Waals surface area contributed by atoms with Crippen LogP contribution in [0.3, 0.4) is 0 Å². The van der Waals surface area contributed by atoms with Crippen molar-refractivity contribution in [2.75, 3.05) is 0 Å². The zero-order chi connectivity index (χ0) is 15.9. The van der Waals surface area contributed by atoms with E-state index in [1.165, 1.54) is 32.1 Å². The van der Waals surface area contributed by atoms with Crippen LogP contribution in [0.1, 0.15) is 56.6 Å². The third-order valence-electron chi connectivity index (χ3n) is 4.60. The second kappa shape index (κ2) is 7.95. The molecule has 3 rings (SSSR count). The van der Waals surface area contributed by atoms with Gasteiger partial charge in [0.1, 0.15) is 0 Å². The Labute approximate surface area is 137 Å². The topological polar surface area (TPSA) is 46.9 Å². The molecule has 1 amide bonds. The van der Waals surface area contributed by atoms with Gasteiger partial charge in [-0.05, 0) is 24.5 Å². The van der Waals surface area contributed by atoms with Crippen LogP contribution in [0.5, 0.6) is 0 Å². The summed E-state index contributed by atoms with van der Waals surface area (Å²) in [6.45, 7) is 0. The van der Waals surface area contributed by atoms with Crippen molar-refractivity contribution >= 4 is 5.91 Å². The van der Waals surface area contributed by atoms with Crippen LogP contribution in [0.25, 0.3) is 0 Å². The number of nitrogens with one attached hydrogen (secondary N) is 1. The first-order chi connectivity index (χ1) is 11.3. The number of rotatable bonds is 4. The van der Waals surface area contributed by atoms with Gasteiger partial charge in [0, 0.05) is 18.4 Å². The van der Waals surface area contributed by atoms with E-state index in [-0.39, 0.29) is 5.91 Å². The summed E-state index contributed by atoms with van der Waals surface area (Å²) in [5.74, 6) is 0.0467. The third-order valence-corrected chi connectivity index (χ3v) is 4.60. The minimum Gasteiger partial charge on any atom is -0.351 e. The molecule has 4 heteroatoms. The molecule has 0 spiro atoms. The maximum Gasteiger partial charge on any atom is 0.249 e. The van der Waals surface area contributed by atoms with Gasteiger partial charge < -0.3 is 5.32 Å². The molecule has 1 aromatic carbocycles. The summed E-state index contributed by atoms with van der Waals surface area (Å²) in [5, 5.41) is 7.57. The Morgan fingerprint density at radius 1 is 1.04 bits per heavy atom. The first kappa shape index (κ1) is 15.8. The molecule has 0 radical (unpaired) electrons. The normalized spacial score (nSPS) is 17.9. The van der Waals surface area contributed by atoms with Crippen molar-refractivity contribution in [2.24, 2.45) is 0 Å². The molecular weight excluding hydrogens is 286 g/mol. The van der Waals surface area contributed by atoms with Gasteiger partial charge in [0.05, 0.1) is 0 Å². The molecule has 1 heterocycles. The van der Waals surface area contributed by atoms with E-state index in [4.69, 9.17) is 0 Å². The fraction of sp³-hybridized carbons (Fsp3) is 0.474. The number of hydrogen-bond donors (Lipinski definition) is 1. The molecule has 1 fully saturated rings. The molecule has 1 aromatic heterocycles. The first-order valence-electron chi connectivity index (χ1n) is 8.69. The van der Waals surface area contributed by atoms with Crippen LogP contribution in [0, 0.1) is 0 Å². The average Bonchev–Trinajstić information content (AvgIpc) is 3.05. The van der Waals surface area contributed by atoms with Gasteiger partial charge in [0.2, 0.25) is 5.91 Å².